The van der Waals surface area contributed by atoms with Crippen molar-refractivity contribution in [1.82, 2.24) is 0 Å². The lowest BCUT2D eigenvalue weighted by molar-refractivity contribution is -0.115. The molecule has 128 valence electrons. The van der Waals surface area contributed by atoms with E-state index in [1.165, 1.54) is 43.9 Å². The summed E-state index contributed by atoms with van der Waals surface area (Å²) in [6, 6.07) is 5.94. The monoisotopic (exact) mass is 355 g/mol. The van der Waals surface area contributed by atoms with Gasteiger partial charge in [-0.15, -0.1) is 11.8 Å². The van der Waals surface area contributed by atoms with Crippen molar-refractivity contribution in [1.29, 1.82) is 0 Å². The molecule has 23 heavy (non-hydrogen) atoms. The van der Waals surface area contributed by atoms with Crippen LogP contribution >= 0.6 is 11.8 Å². The minimum atomic E-state index is -3.38. The van der Waals surface area contributed by atoms with Crippen LogP contribution < -0.4 is 5.32 Å². The molecule has 2 rings (SSSR count). The van der Waals surface area contributed by atoms with Crippen LogP contribution in [-0.2, 0) is 14.6 Å². The number of nitrogens with one attached hydrogen (secondary N) is 1. The third-order valence-corrected chi connectivity index (χ3v) is 7.15. The Morgan fingerprint density at radius 3 is 2.48 bits per heavy atom. The smallest absolute Gasteiger partial charge is 0.242 e. The summed E-state index contributed by atoms with van der Waals surface area (Å²) in [5, 5.41) is 2.37. The molecular weight excluding hydrogens is 330 g/mol. The van der Waals surface area contributed by atoms with Gasteiger partial charge in [0, 0.05) is 22.1 Å². The number of carbonyl (C=O) groups excluding carboxylic acids is 1. The fourth-order valence-electron chi connectivity index (χ4n) is 2.65. The first-order valence-corrected chi connectivity index (χ1v) is 10.9. The second-order valence-electron chi connectivity index (χ2n) is 6.32. The summed E-state index contributed by atoms with van der Waals surface area (Å²) in [7, 11) is -3.38. The van der Waals surface area contributed by atoms with Gasteiger partial charge in [-0.05, 0) is 50.5 Å². The van der Waals surface area contributed by atoms with E-state index in [-0.39, 0.29) is 0 Å². The van der Waals surface area contributed by atoms with Gasteiger partial charge in [-0.1, -0.05) is 19.3 Å². The summed E-state index contributed by atoms with van der Waals surface area (Å²) in [4.78, 5) is 13.2. The van der Waals surface area contributed by atoms with E-state index in [9.17, 15) is 13.2 Å². The number of aryl methyl sites for hydroxylation is 1. The molecule has 1 amide bonds. The van der Waals surface area contributed by atoms with Crippen LogP contribution in [0.1, 0.15) is 44.6 Å². The van der Waals surface area contributed by atoms with Gasteiger partial charge in [0.25, 0.3) is 0 Å². The van der Waals surface area contributed by atoms with Crippen LogP contribution in [0.4, 0.5) is 5.69 Å². The molecule has 1 N–H and O–H groups in total. The van der Waals surface area contributed by atoms with Gasteiger partial charge in [-0.3, -0.25) is 4.79 Å². The molecule has 1 fully saturated rings. The maximum atomic E-state index is 12.0. The van der Waals surface area contributed by atoms with Crippen molar-refractivity contribution in [2.24, 2.45) is 0 Å². The van der Waals surface area contributed by atoms with E-state index in [0.29, 0.717) is 10.9 Å². The summed E-state index contributed by atoms with van der Waals surface area (Å²) in [5.41, 5.74) is 1.64. The minimum Gasteiger partial charge on any atom is -0.325 e. The maximum absolute atomic E-state index is 12.0. The van der Waals surface area contributed by atoms with Crippen LogP contribution in [0.2, 0.25) is 0 Å². The molecule has 1 aliphatic carbocycles. The van der Waals surface area contributed by atoms with E-state index in [1.807, 2.05) is 30.8 Å². The molecule has 0 saturated heterocycles. The SMILES string of the molecule is Cc1cc(SC2CCCCC2)ccc1NC(=O)[C@@H](C)S(C)(=O)=O. The van der Waals surface area contributed by atoms with E-state index in [4.69, 9.17) is 0 Å². The summed E-state index contributed by atoms with van der Waals surface area (Å²) in [6.07, 6.45) is 7.60. The molecule has 0 unspecified atom stereocenters. The lowest BCUT2D eigenvalue weighted by atomic mass is 10.0. The number of amides is 1. The van der Waals surface area contributed by atoms with Crippen LogP contribution in [0.15, 0.2) is 23.1 Å². The lowest BCUT2D eigenvalue weighted by Crippen LogP contribution is -2.32. The third kappa shape index (κ3) is 5.24. The highest BCUT2D eigenvalue weighted by atomic mass is 32.2. The highest BCUT2D eigenvalue weighted by Gasteiger charge is 2.24. The second kappa shape index (κ2) is 7.71. The quantitative estimate of drug-likeness (QED) is 0.873. The number of benzene rings is 1. The van der Waals surface area contributed by atoms with Crippen LogP contribution in [0.3, 0.4) is 0 Å². The van der Waals surface area contributed by atoms with Gasteiger partial charge in [0.1, 0.15) is 5.25 Å². The van der Waals surface area contributed by atoms with Gasteiger partial charge < -0.3 is 5.32 Å². The summed E-state index contributed by atoms with van der Waals surface area (Å²) >= 11 is 1.91. The maximum Gasteiger partial charge on any atom is 0.242 e. The van der Waals surface area contributed by atoms with E-state index < -0.39 is 21.0 Å². The molecule has 1 aromatic carbocycles. The molecule has 1 aliphatic rings. The predicted molar refractivity (Wildman–Crippen MR) is 96.8 cm³/mol. The molecule has 0 radical (unpaired) electrons. The van der Waals surface area contributed by atoms with Crippen LogP contribution in [0, 0.1) is 6.92 Å². The van der Waals surface area contributed by atoms with Crippen molar-refractivity contribution in [3.63, 3.8) is 0 Å². The van der Waals surface area contributed by atoms with Crippen molar-refractivity contribution < 1.29 is 13.2 Å². The second-order valence-corrected chi connectivity index (χ2v) is 10.1. The molecule has 4 nitrogen and oxygen atoms in total. The first kappa shape index (κ1) is 18.3. The Labute approximate surface area is 143 Å². The fraction of sp³-hybridized carbons (Fsp3) is 0.588. The topological polar surface area (TPSA) is 63.2 Å². The van der Waals surface area contributed by atoms with E-state index in [2.05, 4.69) is 11.4 Å². The van der Waals surface area contributed by atoms with Gasteiger partial charge in [0.05, 0.1) is 0 Å². The number of thioether (sulfide) groups is 1. The van der Waals surface area contributed by atoms with Crippen molar-refractivity contribution in [3.8, 4) is 0 Å². The largest absolute Gasteiger partial charge is 0.325 e. The number of sulfone groups is 1. The van der Waals surface area contributed by atoms with Crippen molar-refractivity contribution >= 4 is 33.2 Å². The molecule has 0 aliphatic heterocycles. The van der Waals surface area contributed by atoms with Gasteiger partial charge in [-0.2, -0.15) is 0 Å². The third-order valence-electron chi connectivity index (χ3n) is 4.32. The number of anilines is 1. The van der Waals surface area contributed by atoms with Crippen LogP contribution in [0.25, 0.3) is 0 Å². The van der Waals surface area contributed by atoms with E-state index in [0.717, 1.165) is 11.8 Å². The van der Waals surface area contributed by atoms with Crippen molar-refractivity contribution in [3.05, 3.63) is 23.8 Å². The summed E-state index contributed by atoms with van der Waals surface area (Å²) in [6.45, 7) is 3.35. The molecule has 0 spiro atoms. The molecule has 6 heteroatoms. The Balaban J connectivity index is 2.03. The van der Waals surface area contributed by atoms with Crippen LogP contribution in [-0.4, -0.2) is 31.1 Å². The first-order chi connectivity index (χ1) is 10.8. The van der Waals surface area contributed by atoms with Gasteiger partial charge in [0.2, 0.25) is 5.91 Å². The Morgan fingerprint density at radius 1 is 1.26 bits per heavy atom. The Morgan fingerprint density at radius 2 is 1.91 bits per heavy atom. The molecule has 1 saturated carbocycles. The number of hydrogen-bond acceptors (Lipinski definition) is 4. The highest BCUT2D eigenvalue weighted by molar-refractivity contribution is 8.00. The normalized spacial score (nSPS) is 17.7. The zero-order chi connectivity index (χ0) is 17.0. The van der Waals surface area contributed by atoms with Gasteiger partial charge >= 0.3 is 0 Å². The number of rotatable bonds is 5. The zero-order valence-electron chi connectivity index (χ0n) is 14.0. The molecule has 0 aromatic heterocycles. The summed E-state index contributed by atoms with van der Waals surface area (Å²) < 4.78 is 22.9. The number of carbonyl (C=O) groups is 1. The van der Waals surface area contributed by atoms with Gasteiger partial charge in [-0.25, -0.2) is 8.42 Å². The highest BCUT2D eigenvalue weighted by Crippen LogP contribution is 2.34. The molecule has 1 aromatic rings. The number of hydrogen-bond donors (Lipinski definition) is 1. The van der Waals surface area contributed by atoms with Crippen molar-refractivity contribution in [2.75, 3.05) is 11.6 Å². The Hall–Kier alpha value is -1.01. The first-order valence-electron chi connectivity index (χ1n) is 8.04. The molecular formula is C17H25NO3S2. The standard InChI is InChI=1S/C17H25NO3S2/c1-12-11-15(22-14-7-5-4-6-8-14)9-10-16(12)18-17(19)13(2)23(3,20)21/h9-11,13-14H,4-8H2,1-3H3,(H,18,19)/t13-/m1/s1. The van der Waals surface area contributed by atoms with Crippen LogP contribution in [0.5, 0.6) is 0 Å². The fourth-order valence-corrected chi connectivity index (χ4v) is 4.45. The molecule has 1 atom stereocenters. The predicted octanol–water partition coefficient (Wildman–Crippen LogP) is 3.79. The minimum absolute atomic E-state index is 0.483. The average Bonchev–Trinajstić information content (AvgIpc) is 2.49. The average molecular weight is 356 g/mol. The molecule has 0 heterocycles. The lowest BCUT2D eigenvalue weighted by Gasteiger charge is -2.21. The Bertz CT molecular complexity index is 664. The Kier molecular flexibility index (Phi) is 6.14. The molecule has 0 bridgehead atoms. The van der Waals surface area contributed by atoms with Crippen molar-refractivity contribution in [2.45, 2.75) is 61.3 Å². The van der Waals surface area contributed by atoms with E-state index >= 15 is 0 Å². The van der Waals surface area contributed by atoms with Gasteiger partial charge in [0.15, 0.2) is 9.84 Å². The zero-order valence-corrected chi connectivity index (χ0v) is 15.6. The summed E-state index contributed by atoms with van der Waals surface area (Å²) in [5.74, 6) is -0.483. The van der Waals surface area contributed by atoms with E-state index in [1.54, 1.807) is 0 Å².